The molecule has 1 aromatic rings. The number of nitrogens with one attached hydrogen (secondary N) is 3. The molecule has 3 rings (SSSR count). The van der Waals surface area contributed by atoms with Gasteiger partial charge in [-0.15, -0.1) is 0 Å². The second-order valence-corrected chi connectivity index (χ2v) is 7.92. The minimum atomic E-state index is 0.913. The van der Waals surface area contributed by atoms with Crippen molar-refractivity contribution in [3.05, 3.63) is 35.4 Å². The Morgan fingerprint density at radius 1 is 1.12 bits per heavy atom. The van der Waals surface area contributed by atoms with Gasteiger partial charge in [0.2, 0.25) is 0 Å². The second-order valence-electron chi connectivity index (χ2n) is 7.54. The molecule has 1 aromatic carbocycles. The number of benzene rings is 1. The van der Waals surface area contributed by atoms with Crippen LogP contribution >= 0.6 is 12.2 Å². The molecule has 0 amide bonds. The van der Waals surface area contributed by atoms with Crippen molar-refractivity contribution >= 4 is 17.3 Å². The van der Waals surface area contributed by atoms with Crippen molar-refractivity contribution in [2.24, 2.45) is 0 Å². The molecular formula is C20H34N4OS+2. The Morgan fingerprint density at radius 3 is 2.58 bits per heavy atom. The van der Waals surface area contributed by atoms with E-state index in [4.69, 9.17) is 17.0 Å². The molecule has 0 bridgehead atoms. The summed E-state index contributed by atoms with van der Waals surface area (Å²) in [7, 11) is 0. The molecule has 26 heavy (non-hydrogen) atoms. The Morgan fingerprint density at radius 2 is 1.85 bits per heavy atom. The van der Waals surface area contributed by atoms with Gasteiger partial charge in [-0.1, -0.05) is 24.3 Å². The Bertz CT molecular complexity index is 569. The highest BCUT2D eigenvalue weighted by molar-refractivity contribution is 7.80. The number of ether oxygens (including phenoxy) is 1. The first-order chi connectivity index (χ1) is 12.7. The normalized spacial score (nSPS) is 19.5. The number of quaternary nitrogens is 2. The van der Waals surface area contributed by atoms with Crippen LogP contribution in [0.25, 0.3) is 0 Å². The molecule has 0 aliphatic carbocycles. The fourth-order valence-electron chi connectivity index (χ4n) is 3.84. The van der Waals surface area contributed by atoms with Crippen LogP contribution in [0.5, 0.6) is 0 Å². The summed E-state index contributed by atoms with van der Waals surface area (Å²) in [5.74, 6) is 0. The zero-order valence-electron chi connectivity index (χ0n) is 16.1. The number of rotatable bonds is 6. The summed E-state index contributed by atoms with van der Waals surface area (Å²) < 4.78 is 5.41. The highest BCUT2D eigenvalue weighted by Gasteiger charge is 2.22. The van der Waals surface area contributed by atoms with E-state index in [2.05, 4.69) is 41.4 Å². The molecule has 0 unspecified atom stereocenters. The Labute approximate surface area is 163 Å². The maximum atomic E-state index is 5.61. The number of nitrogens with zero attached hydrogens (tertiary/aromatic N) is 1. The van der Waals surface area contributed by atoms with Gasteiger partial charge in [0.15, 0.2) is 5.11 Å². The fraction of sp³-hybridized carbons (Fsp3) is 0.650. The third-order valence-corrected chi connectivity index (χ3v) is 6.05. The molecule has 144 valence electrons. The first-order valence-corrected chi connectivity index (χ1v) is 10.5. The summed E-state index contributed by atoms with van der Waals surface area (Å²) >= 11 is 5.61. The lowest BCUT2D eigenvalue weighted by Gasteiger charge is -2.34. The first kappa shape index (κ1) is 19.5. The van der Waals surface area contributed by atoms with Crippen LogP contribution in [0.15, 0.2) is 24.3 Å². The van der Waals surface area contributed by atoms with Gasteiger partial charge in [-0.05, 0) is 24.7 Å². The van der Waals surface area contributed by atoms with Gasteiger partial charge in [-0.2, -0.15) is 0 Å². The maximum Gasteiger partial charge on any atom is 0.169 e. The predicted octanol–water partition coefficient (Wildman–Crippen LogP) is -1.12. The van der Waals surface area contributed by atoms with Crippen molar-refractivity contribution < 1.29 is 14.5 Å². The van der Waals surface area contributed by atoms with Gasteiger partial charge >= 0.3 is 0 Å². The molecular weight excluding hydrogens is 344 g/mol. The summed E-state index contributed by atoms with van der Waals surface area (Å²) in [6.45, 7) is 14.1. The van der Waals surface area contributed by atoms with E-state index in [-0.39, 0.29) is 0 Å². The van der Waals surface area contributed by atoms with E-state index in [0.29, 0.717) is 0 Å². The summed E-state index contributed by atoms with van der Waals surface area (Å²) in [6.07, 6.45) is 1.17. The molecule has 2 fully saturated rings. The van der Waals surface area contributed by atoms with E-state index < -0.39 is 0 Å². The highest BCUT2D eigenvalue weighted by atomic mass is 32.1. The highest BCUT2D eigenvalue weighted by Crippen LogP contribution is 2.05. The van der Waals surface area contributed by atoms with Crippen molar-refractivity contribution in [2.75, 3.05) is 65.6 Å². The molecule has 3 N–H and O–H groups in total. The van der Waals surface area contributed by atoms with Gasteiger partial charge in [-0.3, -0.25) is 0 Å². The van der Waals surface area contributed by atoms with Gasteiger partial charge in [0, 0.05) is 18.5 Å². The van der Waals surface area contributed by atoms with Crippen LogP contribution in [0.1, 0.15) is 17.5 Å². The number of aryl methyl sites for hydroxylation is 1. The Kier molecular flexibility index (Phi) is 7.68. The summed E-state index contributed by atoms with van der Waals surface area (Å²) in [4.78, 5) is 5.67. The van der Waals surface area contributed by atoms with Gasteiger partial charge in [-0.25, -0.2) is 0 Å². The number of hydrogen-bond acceptors (Lipinski definition) is 2. The third-order valence-electron chi connectivity index (χ3n) is 5.64. The van der Waals surface area contributed by atoms with Crippen LogP contribution in [0.3, 0.4) is 0 Å². The molecule has 6 heteroatoms. The van der Waals surface area contributed by atoms with E-state index in [1.165, 1.54) is 24.1 Å². The van der Waals surface area contributed by atoms with Gasteiger partial charge in [0.1, 0.15) is 19.6 Å². The summed E-state index contributed by atoms with van der Waals surface area (Å²) in [5, 5.41) is 4.41. The summed E-state index contributed by atoms with van der Waals surface area (Å²) in [6, 6.07) is 8.74. The van der Waals surface area contributed by atoms with Crippen molar-refractivity contribution in [2.45, 2.75) is 19.9 Å². The van der Waals surface area contributed by atoms with E-state index in [0.717, 1.165) is 70.7 Å². The average Bonchev–Trinajstić information content (AvgIpc) is 2.68. The minimum absolute atomic E-state index is 0.913. The largest absolute Gasteiger partial charge is 0.370 e. The monoisotopic (exact) mass is 378 g/mol. The molecule has 0 radical (unpaired) electrons. The Balaban J connectivity index is 1.31. The van der Waals surface area contributed by atoms with Crippen LogP contribution in [0.4, 0.5) is 0 Å². The molecule has 2 heterocycles. The molecule has 2 aliphatic heterocycles. The van der Waals surface area contributed by atoms with Crippen LogP contribution in [0, 0.1) is 6.92 Å². The van der Waals surface area contributed by atoms with Gasteiger partial charge < -0.3 is 24.8 Å². The van der Waals surface area contributed by atoms with E-state index in [9.17, 15) is 0 Å². The number of piperazine rings is 1. The molecule has 0 saturated carbocycles. The molecule has 5 nitrogen and oxygen atoms in total. The molecule has 0 atom stereocenters. The predicted molar refractivity (Wildman–Crippen MR) is 109 cm³/mol. The second kappa shape index (κ2) is 10.2. The van der Waals surface area contributed by atoms with Crippen molar-refractivity contribution in [1.29, 1.82) is 0 Å². The quantitative estimate of drug-likeness (QED) is 0.433. The zero-order chi connectivity index (χ0) is 18.2. The van der Waals surface area contributed by atoms with Gasteiger partial charge in [0.25, 0.3) is 0 Å². The van der Waals surface area contributed by atoms with E-state index >= 15 is 0 Å². The van der Waals surface area contributed by atoms with Gasteiger partial charge in [0.05, 0.1) is 45.9 Å². The van der Waals surface area contributed by atoms with Crippen molar-refractivity contribution in [3.8, 4) is 0 Å². The third kappa shape index (κ3) is 5.91. The van der Waals surface area contributed by atoms with Crippen molar-refractivity contribution in [1.82, 2.24) is 10.2 Å². The Hall–Kier alpha value is -1.21. The van der Waals surface area contributed by atoms with Crippen molar-refractivity contribution in [3.63, 3.8) is 0 Å². The number of hydrogen-bond donors (Lipinski definition) is 3. The molecule has 0 spiro atoms. The van der Waals surface area contributed by atoms with Crippen LogP contribution in [-0.2, 0) is 11.3 Å². The smallest absolute Gasteiger partial charge is 0.169 e. The lowest BCUT2D eigenvalue weighted by Crippen LogP contribution is -3.14. The summed E-state index contributed by atoms with van der Waals surface area (Å²) in [5.41, 5.74) is 2.88. The first-order valence-electron chi connectivity index (χ1n) is 10.0. The molecule has 0 aromatic heterocycles. The minimum Gasteiger partial charge on any atom is -0.370 e. The number of thiocarbonyl (C=S) groups is 1. The topological polar surface area (TPSA) is 33.4 Å². The number of morpholine rings is 1. The average molecular weight is 379 g/mol. The fourth-order valence-corrected chi connectivity index (χ4v) is 4.12. The SMILES string of the molecule is Cc1ccccc1C[NH+]1CCN(C(=S)NCCC[NH+]2CCOCC2)CC1. The molecule has 2 saturated heterocycles. The standard InChI is InChI=1S/C20H32N4OS/c1-18-5-2-3-6-19(18)17-23-9-11-24(12-10-23)20(26)21-7-4-8-22-13-15-25-16-14-22/h2-3,5-6H,4,7-17H2,1H3,(H,21,26)/p+2. The lowest BCUT2D eigenvalue weighted by molar-refractivity contribution is -0.917. The van der Waals surface area contributed by atoms with Crippen LogP contribution < -0.4 is 15.1 Å². The zero-order valence-corrected chi connectivity index (χ0v) is 16.9. The van der Waals surface area contributed by atoms with E-state index in [1.807, 2.05) is 0 Å². The van der Waals surface area contributed by atoms with Crippen LogP contribution in [0.2, 0.25) is 0 Å². The van der Waals surface area contributed by atoms with E-state index in [1.54, 1.807) is 9.80 Å². The lowest BCUT2D eigenvalue weighted by atomic mass is 10.1. The van der Waals surface area contributed by atoms with Crippen LogP contribution in [-0.4, -0.2) is 75.6 Å². The maximum absolute atomic E-state index is 5.61. The molecule has 2 aliphatic rings.